The molecule has 2 rings (SSSR count). The molecule has 90 valence electrons. The Hall–Kier alpha value is -1.59. The van der Waals surface area contributed by atoms with Crippen LogP contribution >= 0.6 is 11.3 Å². The number of ether oxygens (including phenoxy) is 1. The second kappa shape index (κ2) is 5.65. The quantitative estimate of drug-likeness (QED) is 0.887. The number of carbonyl (C=O) groups excluding carboxylic acids is 1. The lowest BCUT2D eigenvalue weighted by Gasteiger charge is -2.01. The summed E-state index contributed by atoms with van der Waals surface area (Å²) in [6, 6.07) is 3.96. The number of methoxy groups -OCH3 is 1. The van der Waals surface area contributed by atoms with Crippen LogP contribution in [0.5, 0.6) is 0 Å². The molecule has 0 aliphatic carbocycles. The van der Waals surface area contributed by atoms with E-state index < -0.39 is 0 Å². The van der Waals surface area contributed by atoms with Gasteiger partial charge >= 0.3 is 0 Å². The van der Waals surface area contributed by atoms with Crippen LogP contribution in [0.1, 0.15) is 4.88 Å². The van der Waals surface area contributed by atoms with E-state index in [4.69, 9.17) is 9.15 Å². The van der Waals surface area contributed by atoms with E-state index in [9.17, 15) is 4.79 Å². The van der Waals surface area contributed by atoms with E-state index >= 15 is 0 Å². The van der Waals surface area contributed by atoms with Crippen molar-refractivity contribution < 1.29 is 13.9 Å². The molecular formula is C12H13NO3S. The molecule has 0 bridgehead atoms. The van der Waals surface area contributed by atoms with Crippen molar-refractivity contribution >= 4 is 17.2 Å². The number of furan rings is 1. The first-order valence-electron chi connectivity index (χ1n) is 5.15. The van der Waals surface area contributed by atoms with E-state index in [0.717, 1.165) is 16.0 Å². The van der Waals surface area contributed by atoms with E-state index in [1.165, 1.54) is 7.11 Å². The molecule has 1 amide bonds. The Morgan fingerprint density at radius 2 is 2.41 bits per heavy atom. The Morgan fingerprint density at radius 3 is 3.12 bits per heavy atom. The van der Waals surface area contributed by atoms with Gasteiger partial charge in [-0.2, -0.15) is 0 Å². The van der Waals surface area contributed by atoms with E-state index in [2.05, 4.69) is 5.32 Å². The molecule has 0 unspecified atom stereocenters. The third kappa shape index (κ3) is 3.18. The van der Waals surface area contributed by atoms with E-state index in [-0.39, 0.29) is 12.5 Å². The zero-order valence-corrected chi connectivity index (χ0v) is 10.3. The highest BCUT2D eigenvalue weighted by atomic mass is 32.1. The molecule has 1 N–H and O–H groups in total. The number of hydrogen-bond donors (Lipinski definition) is 1. The van der Waals surface area contributed by atoms with Crippen LogP contribution < -0.4 is 5.32 Å². The standard InChI is InChI=1S/C12H13NO3S/c1-15-7-12(14)13-5-11-4-10(8-17-11)9-2-3-16-6-9/h2-4,6,8H,5,7H2,1H3,(H,13,14). The Labute approximate surface area is 103 Å². The Balaban J connectivity index is 1.93. The molecule has 0 fully saturated rings. The Morgan fingerprint density at radius 1 is 1.53 bits per heavy atom. The van der Waals surface area contributed by atoms with Crippen molar-refractivity contribution in [2.75, 3.05) is 13.7 Å². The van der Waals surface area contributed by atoms with E-state index in [1.54, 1.807) is 23.9 Å². The van der Waals surface area contributed by atoms with Crippen LogP contribution in [0.15, 0.2) is 34.5 Å². The largest absolute Gasteiger partial charge is 0.472 e. The molecule has 0 saturated carbocycles. The molecule has 0 aliphatic heterocycles. The molecule has 0 radical (unpaired) electrons. The molecular weight excluding hydrogens is 238 g/mol. The average Bonchev–Trinajstić information content (AvgIpc) is 2.97. The second-order valence-electron chi connectivity index (χ2n) is 3.52. The van der Waals surface area contributed by atoms with E-state index in [1.807, 2.05) is 17.5 Å². The lowest BCUT2D eigenvalue weighted by atomic mass is 10.2. The highest BCUT2D eigenvalue weighted by Gasteiger charge is 2.05. The summed E-state index contributed by atoms with van der Waals surface area (Å²) in [5.74, 6) is -0.106. The minimum absolute atomic E-state index is 0.0972. The first-order chi connectivity index (χ1) is 8.29. The van der Waals surface area contributed by atoms with Crippen molar-refractivity contribution in [3.05, 3.63) is 34.9 Å². The zero-order chi connectivity index (χ0) is 12.1. The van der Waals surface area contributed by atoms with Gasteiger partial charge in [-0.3, -0.25) is 4.79 Å². The number of carbonyl (C=O) groups is 1. The maximum atomic E-state index is 11.2. The highest BCUT2D eigenvalue weighted by molar-refractivity contribution is 7.10. The van der Waals surface area contributed by atoms with Crippen LogP contribution in [0.3, 0.4) is 0 Å². The van der Waals surface area contributed by atoms with Gasteiger partial charge in [0.2, 0.25) is 5.91 Å². The number of hydrogen-bond acceptors (Lipinski definition) is 4. The van der Waals surface area contributed by atoms with Gasteiger partial charge in [0, 0.05) is 17.6 Å². The number of rotatable bonds is 5. The lowest BCUT2D eigenvalue weighted by molar-refractivity contribution is -0.124. The van der Waals surface area contributed by atoms with Crippen molar-refractivity contribution in [1.82, 2.24) is 5.32 Å². The van der Waals surface area contributed by atoms with Crippen LogP contribution in [-0.4, -0.2) is 19.6 Å². The van der Waals surface area contributed by atoms with Crippen molar-refractivity contribution in [2.24, 2.45) is 0 Å². The summed E-state index contributed by atoms with van der Waals surface area (Å²) in [7, 11) is 1.50. The third-order valence-corrected chi connectivity index (χ3v) is 3.18. The molecule has 0 aliphatic rings. The third-order valence-electron chi connectivity index (χ3n) is 2.24. The van der Waals surface area contributed by atoms with Gasteiger partial charge in [-0.1, -0.05) is 0 Å². The van der Waals surface area contributed by atoms with Gasteiger partial charge < -0.3 is 14.5 Å². The number of amides is 1. The molecule has 5 heteroatoms. The van der Waals surface area contributed by atoms with Gasteiger partial charge in [-0.15, -0.1) is 11.3 Å². The van der Waals surface area contributed by atoms with Crippen LogP contribution in [0, 0.1) is 0 Å². The molecule has 0 spiro atoms. The predicted molar refractivity (Wildman–Crippen MR) is 65.7 cm³/mol. The van der Waals surface area contributed by atoms with Gasteiger partial charge in [-0.05, 0) is 23.1 Å². The summed E-state index contributed by atoms with van der Waals surface area (Å²) in [6.07, 6.45) is 3.35. The molecule has 0 aromatic carbocycles. The first-order valence-corrected chi connectivity index (χ1v) is 6.03. The minimum Gasteiger partial charge on any atom is -0.472 e. The van der Waals surface area contributed by atoms with Crippen LogP contribution in [0.25, 0.3) is 11.1 Å². The first kappa shape index (κ1) is 11.9. The average molecular weight is 251 g/mol. The van der Waals surface area contributed by atoms with E-state index in [0.29, 0.717) is 6.54 Å². The van der Waals surface area contributed by atoms with Crippen molar-refractivity contribution in [3.8, 4) is 11.1 Å². The summed E-state index contributed by atoms with van der Waals surface area (Å²) in [6.45, 7) is 0.630. The summed E-state index contributed by atoms with van der Waals surface area (Å²) in [5, 5.41) is 4.83. The van der Waals surface area contributed by atoms with Gasteiger partial charge in [0.15, 0.2) is 0 Å². The fraction of sp³-hybridized carbons (Fsp3) is 0.250. The van der Waals surface area contributed by atoms with Crippen LogP contribution in [0.2, 0.25) is 0 Å². The molecule has 17 heavy (non-hydrogen) atoms. The fourth-order valence-electron chi connectivity index (χ4n) is 1.42. The monoisotopic (exact) mass is 251 g/mol. The molecule has 2 aromatic rings. The SMILES string of the molecule is COCC(=O)NCc1cc(-c2ccoc2)cs1. The number of thiophene rings is 1. The summed E-state index contributed by atoms with van der Waals surface area (Å²) in [4.78, 5) is 12.3. The van der Waals surface area contributed by atoms with Gasteiger partial charge in [0.1, 0.15) is 6.61 Å². The summed E-state index contributed by atoms with van der Waals surface area (Å²) < 4.78 is 9.76. The molecule has 0 atom stereocenters. The summed E-state index contributed by atoms with van der Waals surface area (Å²) in [5.41, 5.74) is 2.16. The Kier molecular flexibility index (Phi) is 3.95. The second-order valence-corrected chi connectivity index (χ2v) is 4.52. The predicted octanol–water partition coefficient (Wildman–Crippen LogP) is 2.27. The van der Waals surface area contributed by atoms with Crippen molar-refractivity contribution in [2.45, 2.75) is 6.54 Å². The highest BCUT2D eigenvalue weighted by Crippen LogP contribution is 2.25. The van der Waals surface area contributed by atoms with Gasteiger partial charge in [0.25, 0.3) is 0 Å². The van der Waals surface area contributed by atoms with Gasteiger partial charge in [-0.25, -0.2) is 0 Å². The minimum atomic E-state index is -0.106. The lowest BCUT2D eigenvalue weighted by Crippen LogP contribution is -2.26. The Bertz CT molecular complexity index is 476. The molecule has 0 saturated heterocycles. The topological polar surface area (TPSA) is 51.5 Å². The van der Waals surface area contributed by atoms with Crippen molar-refractivity contribution in [1.29, 1.82) is 0 Å². The fourth-order valence-corrected chi connectivity index (χ4v) is 2.25. The van der Waals surface area contributed by atoms with Crippen molar-refractivity contribution in [3.63, 3.8) is 0 Å². The van der Waals surface area contributed by atoms with Gasteiger partial charge in [0.05, 0.1) is 19.1 Å². The normalized spacial score (nSPS) is 10.4. The van der Waals surface area contributed by atoms with Crippen LogP contribution in [0.4, 0.5) is 0 Å². The maximum absolute atomic E-state index is 11.2. The smallest absolute Gasteiger partial charge is 0.246 e. The molecule has 2 aromatic heterocycles. The van der Waals surface area contributed by atoms with Crippen LogP contribution in [-0.2, 0) is 16.1 Å². The molecule has 4 nitrogen and oxygen atoms in total. The maximum Gasteiger partial charge on any atom is 0.246 e. The molecule has 2 heterocycles. The summed E-state index contributed by atoms with van der Waals surface area (Å²) >= 11 is 1.61. The number of nitrogens with one attached hydrogen (secondary N) is 1. The zero-order valence-electron chi connectivity index (χ0n) is 9.43.